The number of hydrogen-bond donors (Lipinski definition) is 1. The van der Waals surface area contributed by atoms with Crippen LogP contribution in [0.2, 0.25) is 5.02 Å². The second-order valence-corrected chi connectivity index (χ2v) is 6.41. The van der Waals surface area contributed by atoms with E-state index in [1.807, 2.05) is 19.1 Å². The Morgan fingerprint density at radius 3 is 2.48 bits per heavy atom. The van der Waals surface area contributed by atoms with E-state index in [1.54, 1.807) is 7.11 Å². The third-order valence-electron chi connectivity index (χ3n) is 4.19. The summed E-state index contributed by atoms with van der Waals surface area (Å²) in [5, 5.41) is 4.50. The maximum absolute atomic E-state index is 5.98. The largest absolute Gasteiger partial charge is 0.377 e. The topological polar surface area (TPSA) is 30.5 Å². The molecule has 2 rings (SSSR count). The van der Waals surface area contributed by atoms with E-state index in [4.69, 9.17) is 21.1 Å². The molecular weight excluding hydrogens is 286 g/mol. The summed E-state index contributed by atoms with van der Waals surface area (Å²) in [4.78, 5) is 0. The Hall–Kier alpha value is -0.610. The highest BCUT2D eigenvalue weighted by atomic mass is 35.5. The normalized spacial score (nSPS) is 26.7. The number of methoxy groups -OCH3 is 1. The zero-order valence-corrected chi connectivity index (χ0v) is 14.1. The van der Waals surface area contributed by atoms with Crippen LogP contribution >= 0.6 is 11.6 Å². The summed E-state index contributed by atoms with van der Waals surface area (Å²) in [6.07, 6.45) is 1.36. The molecular formula is C17H26ClNO2. The Kier molecular flexibility index (Phi) is 6.06. The van der Waals surface area contributed by atoms with Crippen LogP contribution in [0.25, 0.3) is 0 Å². The third kappa shape index (κ3) is 3.98. The van der Waals surface area contributed by atoms with Crippen molar-refractivity contribution in [2.24, 2.45) is 5.92 Å². The fraction of sp³-hybridized carbons (Fsp3) is 0.647. The molecule has 0 spiro atoms. The van der Waals surface area contributed by atoms with E-state index in [1.165, 1.54) is 5.56 Å². The summed E-state index contributed by atoms with van der Waals surface area (Å²) in [5.41, 5.74) is 1.27. The van der Waals surface area contributed by atoms with E-state index in [0.29, 0.717) is 18.0 Å². The van der Waals surface area contributed by atoms with Gasteiger partial charge in [-0.3, -0.25) is 0 Å². The lowest BCUT2D eigenvalue weighted by Crippen LogP contribution is -2.60. The van der Waals surface area contributed by atoms with Gasteiger partial charge in [0.25, 0.3) is 0 Å². The molecule has 0 aromatic heterocycles. The molecule has 1 aliphatic carbocycles. The van der Waals surface area contributed by atoms with Crippen molar-refractivity contribution in [3.8, 4) is 0 Å². The van der Waals surface area contributed by atoms with Crippen LogP contribution < -0.4 is 5.32 Å². The standard InChI is InChI=1S/C17H26ClNO2/c1-5-21-15-10-14(17(15)20-4)19-16(11(2)3)12-6-8-13(18)9-7-12/h6-9,11,14-17,19H,5,10H2,1-4H3. The van der Waals surface area contributed by atoms with Crippen molar-refractivity contribution in [2.45, 2.75) is 51.5 Å². The highest BCUT2D eigenvalue weighted by Gasteiger charge is 2.43. The summed E-state index contributed by atoms with van der Waals surface area (Å²) >= 11 is 5.98. The maximum Gasteiger partial charge on any atom is 0.0987 e. The predicted octanol–water partition coefficient (Wildman–Crippen LogP) is 3.82. The monoisotopic (exact) mass is 311 g/mol. The van der Waals surface area contributed by atoms with Gasteiger partial charge in [0, 0.05) is 30.8 Å². The van der Waals surface area contributed by atoms with Gasteiger partial charge < -0.3 is 14.8 Å². The summed E-state index contributed by atoms with van der Waals surface area (Å²) in [7, 11) is 1.76. The first-order valence-electron chi connectivity index (χ1n) is 7.72. The number of nitrogens with one attached hydrogen (secondary N) is 1. The fourth-order valence-electron chi connectivity index (χ4n) is 3.01. The van der Waals surface area contributed by atoms with Crippen LogP contribution in [0.3, 0.4) is 0 Å². The molecule has 4 unspecified atom stereocenters. The first kappa shape index (κ1) is 16.8. The van der Waals surface area contributed by atoms with Crippen molar-refractivity contribution >= 4 is 11.6 Å². The van der Waals surface area contributed by atoms with E-state index < -0.39 is 0 Å². The van der Waals surface area contributed by atoms with Crippen molar-refractivity contribution in [1.29, 1.82) is 0 Å². The number of rotatable bonds is 7. The van der Waals surface area contributed by atoms with Crippen LogP contribution in [-0.4, -0.2) is 32.0 Å². The van der Waals surface area contributed by atoms with Gasteiger partial charge in [-0.25, -0.2) is 0 Å². The van der Waals surface area contributed by atoms with Gasteiger partial charge in [0.15, 0.2) is 0 Å². The Bertz CT molecular complexity index is 435. The lowest BCUT2D eigenvalue weighted by atomic mass is 9.83. The second-order valence-electron chi connectivity index (χ2n) is 5.98. The Morgan fingerprint density at radius 1 is 1.29 bits per heavy atom. The maximum atomic E-state index is 5.98. The number of halogens is 1. The van der Waals surface area contributed by atoms with Crippen LogP contribution in [0.5, 0.6) is 0 Å². The van der Waals surface area contributed by atoms with Gasteiger partial charge in [0.05, 0.1) is 12.2 Å². The highest BCUT2D eigenvalue weighted by Crippen LogP contribution is 2.31. The van der Waals surface area contributed by atoms with Crippen molar-refractivity contribution in [1.82, 2.24) is 5.32 Å². The lowest BCUT2D eigenvalue weighted by Gasteiger charge is -2.45. The van der Waals surface area contributed by atoms with Crippen molar-refractivity contribution in [2.75, 3.05) is 13.7 Å². The molecule has 4 heteroatoms. The molecule has 1 saturated carbocycles. The second kappa shape index (κ2) is 7.59. The van der Waals surface area contributed by atoms with Crippen LogP contribution in [-0.2, 0) is 9.47 Å². The fourth-order valence-corrected chi connectivity index (χ4v) is 3.14. The molecule has 0 radical (unpaired) electrons. The predicted molar refractivity (Wildman–Crippen MR) is 86.8 cm³/mol. The SMILES string of the molecule is CCOC1CC(NC(c2ccc(Cl)cc2)C(C)C)C1OC. The minimum Gasteiger partial charge on any atom is -0.377 e. The van der Waals surface area contributed by atoms with Gasteiger partial charge >= 0.3 is 0 Å². The van der Waals surface area contributed by atoms with Crippen LogP contribution in [0.15, 0.2) is 24.3 Å². The molecule has 3 nitrogen and oxygen atoms in total. The zero-order chi connectivity index (χ0) is 15.4. The number of hydrogen-bond acceptors (Lipinski definition) is 3. The van der Waals surface area contributed by atoms with Gasteiger partial charge in [-0.1, -0.05) is 37.6 Å². The van der Waals surface area contributed by atoms with Gasteiger partial charge in [0.1, 0.15) is 0 Å². The first-order valence-corrected chi connectivity index (χ1v) is 8.10. The van der Waals surface area contributed by atoms with Gasteiger partial charge in [0.2, 0.25) is 0 Å². The first-order chi connectivity index (χ1) is 10.1. The van der Waals surface area contributed by atoms with E-state index in [0.717, 1.165) is 18.1 Å². The molecule has 0 bridgehead atoms. The summed E-state index contributed by atoms with van der Waals surface area (Å²) in [6.45, 7) is 7.22. The Labute approximate surface area is 133 Å². The van der Waals surface area contributed by atoms with Gasteiger partial charge in [-0.15, -0.1) is 0 Å². The van der Waals surface area contributed by atoms with Crippen LogP contribution in [0.4, 0.5) is 0 Å². The molecule has 0 heterocycles. The van der Waals surface area contributed by atoms with E-state index in [2.05, 4.69) is 31.3 Å². The van der Waals surface area contributed by atoms with E-state index in [-0.39, 0.29) is 12.2 Å². The average Bonchev–Trinajstić information content (AvgIpc) is 2.43. The minimum absolute atomic E-state index is 0.138. The summed E-state index contributed by atoms with van der Waals surface area (Å²) < 4.78 is 11.3. The molecule has 21 heavy (non-hydrogen) atoms. The highest BCUT2D eigenvalue weighted by molar-refractivity contribution is 6.30. The zero-order valence-electron chi connectivity index (χ0n) is 13.3. The average molecular weight is 312 g/mol. The Balaban J connectivity index is 2.02. The lowest BCUT2D eigenvalue weighted by molar-refractivity contribution is -0.134. The summed E-state index contributed by atoms with van der Waals surface area (Å²) in [5.74, 6) is 0.495. The molecule has 1 fully saturated rings. The molecule has 1 aliphatic rings. The molecule has 0 amide bonds. The molecule has 118 valence electrons. The number of benzene rings is 1. The molecule has 1 N–H and O–H groups in total. The Morgan fingerprint density at radius 2 is 1.95 bits per heavy atom. The van der Waals surface area contributed by atoms with Gasteiger partial charge in [-0.2, -0.15) is 0 Å². The number of ether oxygens (including phenoxy) is 2. The quantitative estimate of drug-likeness (QED) is 0.830. The van der Waals surface area contributed by atoms with E-state index in [9.17, 15) is 0 Å². The van der Waals surface area contributed by atoms with Crippen molar-refractivity contribution in [3.05, 3.63) is 34.9 Å². The van der Waals surface area contributed by atoms with Crippen molar-refractivity contribution < 1.29 is 9.47 Å². The molecule has 1 aromatic carbocycles. The van der Waals surface area contributed by atoms with Gasteiger partial charge in [-0.05, 0) is 37.0 Å². The van der Waals surface area contributed by atoms with Crippen LogP contribution in [0, 0.1) is 5.92 Å². The molecule has 0 saturated heterocycles. The molecule has 4 atom stereocenters. The minimum atomic E-state index is 0.138. The third-order valence-corrected chi connectivity index (χ3v) is 4.44. The molecule has 1 aromatic rings. The molecule has 0 aliphatic heterocycles. The van der Waals surface area contributed by atoms with Crippen LogP contribution in [0.1, 0.15) is 38.8 Å². The van der Waals surface area contributed by atoms with E-state index >= 15 is 0 Å². The smallest absolute Gasteiger partial charge is 0.0987 e. The summed E-state index contributed by atoms with van der Waals surface area (Å²) in [6, 6.07) is 8.74. The van der Waals surface area contributed by atoms with Crippen molar-refractivity contribution in [3.63, 3.8) is 0 Å².